The summed E-state index contributed by atoms with van der Waals surface area (Å²) < 4.78 is 5.21. The van der Waals surface area contributed by atoms with Crippen LogP contribution in [0.1, 0.15) is 6.92 Å². The molecule has 0 unspecified atom stereocenters. The highest BCUT2D eigenvalue weighted by Gasteiger charge is 2.43. The number of rotatable bonds is 2. The van der Waals surface area contributed by atoms with Gasteiger partial charge in [-0.15, -0.1) is 0 Å². The maximum Gasteiger partial charge on any atom is 0.119 e. The SMILES string of the molecule is COc1ccc(N2C[C@@H]3CN(C)[C@@H](C)[C@@H]3C2)cc1. The highest BCUT2D eigenvalue weighted by atomic mass is 16.5. The normalized spacial score (nSPS) is 31.7. The van der Waals surface area contributed by atoms with E-state index < -0.39 is 0 Å². The highest BCUT2D eigenvalue weighted by Crippen LogP contribution is 2.37. The van der Waals surface area contributed by atoms with Gasteiger partial charge < -0.3 is 14.5 Å². The Morgan fingerprint density at radius 1 is 1.11 bits per heavy atom. The highest BCUT2D eigenvalue weighted by molar-refractivity contribution is 5.50. The molecule has 0 N–H and O–H groups in total. The average Bonchev–Trinajstić information content (AvgIpc) is 2.91. The molecule has 1 aromatic carbocycles. The van der Waals surface area contributed by atoms with E-state index in [4.69, 9.17) is 4.74 Å². The van der Waals surface area contributed by atoms with Gasteiger partial charge >= 0.3 is 0 Å². The summed E-state index contributed by atoms with van der Waals surface area (Å²) in [7, 11) is 3.97. The Bertz CT molecular complexity index is 417. The van der Waals surface area contributed by atoms with Gasteiger partial charge in [0.2, 0.25) is 0 Å². The Hall–Kier alpha value is -1.22. The van der Waals surface area contributed by atoms with Gasteiger partial charge in [0.1, 0.15) is 5.75 Å². The Morgan fingerprint density at radius 3 is 2.44 bits per heavy atom. The zero-order valence-corrected chi connectivity index (χ0v) is 11.5. The van der Waals surface area contributed by atoms with E-state index >= 15 is 0 Å². The second-order valence-corrected chi connectivity index (χ2v) is 5.71. The van der Waals surface area contributed by atoms with Crippen molar-refractivity contribution in [2.75, 3.05) is 38.7 Å². The largest absolute Gasteiger partial charge is 0.497 e. The van der Waals surface area contributed by atoms with Gasteiger partial charge in [-0.1, -0.05) is 0 Å². The van der Waals surface area contributed by atoms with Crippen molar-refractivity contribution in [3.8, 4) is 5.75 Å². The number of ether oxygens (including phenoxy) is 1. The van der Waals surface area contributed by atoms with Crippen molar-refractivity contribution >= 4 is 5.69 Å². The number of fused-ring (bicyclic) bond motifs is 1. The third kappa shape index (κ3) is 1.87. The molecule has 3 heteroatoms. The molecule has 3 rings (SSSR count). The molecule has 0 aliphatic carbocycles. The smallest absolute Gasteiger partial charge is 0.119 e. The number of anilines is 1. The number of hydrogen-bond donors (Lipinski definition) is 0. The standard InChI is InChI=1S/C15H22N2O/c1-11-15-10-17(9-12(15)8-16(11)2)13-4-6-14(18-3)7-5-13/h4-7,11-12,15H,8-10H2,1-3H3/t11-,12-,15-/m0/s1. The molecule has 0 bridgehead atoms. The van der Waals surface area contributed by atoms with Crippen LogP contribution < -0.4 is 9.64 Å². The fraction of sp³-hybridized carbons (Fsp3) is 0.600. The van der Waals surface area contributed by atoms with E-state index in [1.165, 1.54) is 25.3 Å². The molecule has 2 fully saturated rings. The lowest BCUT2D eigenvalue weighted by atomic mass is 9.95. The van der Waals surface area contributed by atoms with Crippen LogP contribution in [0, 0.1) is 11.8 Å². The van der Waals surface area contributed by atoms with Gasteiger partial charge in [0, 0.05) is 31.4 Å². The van der Waals surface area contributed by atoms with Crippen molar-refractivity contribution < 1.29 is 4.74 Å². The number of methoxy groups -OCH3 is 1. The summed E-state index contributed by atoms with van der Waals surface area (Å²) in [6.45, 7) is 6.01. The minimum Gasteiger partial charge on any atom is -0.497 e. The summed E-state index contributed by atoms with van der Waals surface area (Å²) >= 11 is 0. The number of benzene rings is 1. The first-order valence-corrected chi connectivity index (χ1v) is 6.78. The van der Waals surface area contributed by atoms with Crippen molar-refractivity contribution in [3.63, 3.8) is 0 Å². The summed E-state index contributed by atoms with van der Waals surface area (Å²) in [6, 6.07) is 9.18. The summed E-state index contributed by atoms with van der Waals surface area (Å²) in [6.07, 6.45) is 0. The molecule has 3 nitrogen and oxygen atoms in total. The van der Waals surface area contributed by atoms with E-state index in [-0.39, 0.29) is 0 Å². The van der Waals surface area contributed by atoms with Gasteiger partial charge in [0.25, 0.3) is 0 Å². The zero-order chi connectivity index (χ0) is 12.7. The van der Waals surface area contributed by atoms with Gasteiger partial charge in [-0.25, -0.2) is 0 Å². The van der Waals surface area contributed by atoms with Crippen LogP contribution in [-0.4, -0.2) is 44.7 Å². The van der Waals surface area contributed by atoms with E-state index in [0.717, 1.165) is 23.6 Å². The molecule has 2 aliphatic rings. The van der Waals surface area contributed by atoms with Crippen LogP contribution in [0.2, 0.25) is 0 Å². The maximum atomic E-state index is 5.21. The Balaban J connectivity index is 1.72. The molecule has 0 aromatic heterocycles. The molecule has 0 radical (unpaired) electrons. The van der Waals surface area contributed by atoms with Crippen LogP contribution in [0.4, 0.5) is 5.69 Å². The van der Waals surface area contributed by atoms with Crippen molar-refractivity contribution in [3.05, 3.63) is 24.3 Å². The lowest BCUT2D eigenvalue weighted by molar-refractivity contribution is 0.295. The van der Waals surface area contributed by atoms with Gasteiger partial charge in [0.15, 0.2) is 0 Å². The van der Waals surface area contributed by atoms with Crippen molar-refractivity contribution in [1.29, 1.82) is 0 Å². The zero-order valence-electron chi connectivity index (χ0n) is 11.5. The second kappa shape index (κ2) is 4.47. The summed E-state index contributed by atoms with van der Waals surface area (Å²) in [5.74, 6) is 2.61. The molecule has 2 saturated heterocycles. The van der Waals surface area contributed by atoms with Crippen LogP contribution in [0.15, 0.2) is 24.3 Å². The predicted octanol–water partition coefficient (Wildman–Crippen LogP) is 2.08. The first kappa shape index (κ1) is 11.8. The van der Waals surface area contributed by atoms with Crippen LogP contribution in [0.3, 0.4) is 0 Å². The van der Waals surface area contributed by atoms with E-state index in [0.29, 0.717) is 0 Å². The number of hydrogen-bond acceptors (Lipinski definition) is 3. The monoisotopic (exact) mass is 246 g/mol. The van der Waals surface area contributed by atoms with Crippen LogP contribution in [0.25, 0.3) is 0 Å². The quantitative estimate of drug-likeness (QED) is 0.794. The fourth-order valence-corrected chi connectivity index (χ4v) is 3.50. The molecule has 18 heavy (non-hydrogen) atoms. The topological polar surface area (TPSA) is 15.7 Å². The summed E-state index contributed by atoms with van der Waals surface area (Å²) in [4.78, 5) is 5.03. The predicted molar refractivity (Wildman–Crippen MR) is 74.3 cm³/mol. The molecule has 1 aromatic rings. The van der Waals surface area contributed by atoms with Gasteiger partial charge in [0.05, 0.1) is 7.11 Å². The Kier molecular flexibility index (Phi) is 2.94. The van der Waals surface area contributed by atoms with Gasteiger partial charge in [-0.05, 0) is 50.1 Å². The van der Waals surface area contributed by atoms with Crippen LogP contribution in [-0.2, 0) is 0 Å². The molecule has 0 spiro atoms. The first-order chi connectivity index (χ1) is 8.69. The van der Waals surface area contributed by atoms with E-state index in [1.807, 2.05) is 0 Å². The molecule has 2 aliphatic heterocycles. The van der Waals surface area contributed by atoms with E-state index in [1.54, 1.807) is 7.11 Å². The van der Waals surface area contributed by atoms with E-state index in [9.17, 15) is 0 Å². The van der Waals surface area contributed by atoms with Crippen LogP contribution >= 0.6 is 0 Å². The number of nitrogens with zero attached hydrogens (tertiary/aromatic N) is 2. The van der Waals surface area contributed by atoms with E-state index in [2.05, 4.69) is 48.0 Å². The lowest BCUT2D eigenvalue weighted by Gasteiger charge is -2.24. The van der Waals surface area contributed by atoms with Crippen LogP contribution in [0.5, 0.6) is 5.75 Å². The minimum atomic E-state index is 0.721. The summed E-state index contributed by atoms with van der Waals surface area (Å²) in [5, 5.41) is 0. The third-order valence-electron chi connectivity index (χ3n) is 4.77. The molecule has 2 heterocycles. The molecular weight excluding hydrogens is 224 g/mol. The lowest BCUT2D eigenvalue weighted by Crippen LogP contribution is -2.31. The molecule has 0 saturated carbocycles. The van der Waals surface area contributed by atoms with Crippen molar-refractivity contribution in [2.45, 2.75) is 13.0 Å². The number of likely N-dealkylation sites (tertiary alicyclic amines) is 1. The minimum absolute atomic E-state index is 0.721. The second-order valence-electron chi connectivity index (χ2n) is 5.71. The van der Waals surface area contributed by atoms with Crippen molar-refractivity contribution in [2.24, 2.45) is 11.8 Å². The maximum absolute atomic E-state index is 5.21. The molecular formula is C15H22N2O. The third-order valence-corrected chi connectivity index (χ3v) is 4.77. The fourth-order valence-electron chi connectivity index (χ4n) is 3.50. The average molecular weight is 246 g/mol. The molecule has 3 atom stereocenters. The molecule has 98 valence electrons. The Morgan fingerprint density at radius 2 is 1.83 bits per heavy atom. The first-order valence-electron chi connectivity index (χ1n) is 6.78. The Labute approximate surface area is 109 Å². The summed E-state index contributed by atoms with van der Waals surface area (Å²) in [5.41, 5.74) is 1.33. The van der Waals surface area contributed by atoms with Crippen molar-refractivity contribution in [1.82, 2.24) is 4.90 Å². The van der Waals surface area contributed by atoms with Gasteiger partial charge in [-0.2, -0.15) is 0 Å². The molecule has 0 amide bonds. The van der Waals surface area contributed by atoms with Gasteiger partial charge in [-0.3, -0.25) is 0 Å².